The number of hydrogen-bond donors (Lipinski definition) is 1. The molecule has 0 amide bonds. The number of benzene rings is 1. The van der Waals surface area contributed by atoms with Gasteiger partial charge in [-0.05, 0) is 30.8 Å². The summed E-state index contributed by atoms with van der Waals surface area (Å²) in [5.41, 5.74) is 1.47. The number of hydrogen-bond acceptors (Lipinski definition) is 4. The summed E-state index contributed by atoms with van der Waals surface area (Å²) in [5.74, 6) is 0.0684. The van der Waals surface area contributed by atoms with Crippen LogP contribution in [0.2, 0.25) is 0 Å². The van der Waals surface area contributed by atoms with E-state index in [9.17, 15) is 4.39 Å². The molecular formula is C15H17FN2O2. The van der Waals surface area contributed by atoms with Crippen LogP contribution in [0.1, 0.15) is 11.1 Å². The lowest BCUT2D eigenvalue weighted by Crippen LogP contribution is -2.08. The highest BCUT2D eigenvalue weighted by Gasteiger charge is 2.11. The Balaban J connectivity index is 2.21. The molecule has 0 unspecified atom stereocenters. The van der Waals surface area contributed by atoms with E-state index in [4.69, 9.17) is 9.47 Å². The number of nitrogens with one attached hydrogen (secondary N) is 1. The van der Waals surface area contributed by atoms with E-state index in [1.807, 2.05) is 12.1 Å². The van der Waals surface area contributed by atoms with E-state index in [0.717, 1.165) is 5.56 Å². The molecule has 0 fully saturated rings. The normalized spacial score (nSPS) is 10.6. The van der Waals surface area contributed by atoms with E-state index < -0.39 is 5.82 Å². The van der Waals surface area contributed by atoms with Crippen LogP contribution in [-0.2, 0) is 17.9 Å². The topological polar surface area (TPSA) is 43.4 Å². The highest BCUT2D eigenvalue weighted by molar-refractivity contribution is 5.33. The summed E-state index contributed by atoms with van der Waals surface area (Å²) >= 11 is 0. The molecule has 0 radical (unpaired) electrons. The quantitative estimate of drug-likeness (QED) is 0.881. The second-order valence-electron chi connectivity index (χ2n) is 4.30. The molecule has 1 aromatic heterocycles. The van der Waals surface area contributed by atoms with Crippen molar-refractivity contribution in [1.29, 1.82) is 0 Å². The molecule has 0 atom stereocenters. The molecule has 2 aromatic rings. The van der Waals surface area contributed by atoms with Crippen LogP contribution >= 0.6 is 0 Å². The predicted molar refractivity (Wildman–Crippen MR) is 74.2 cm³/mol. The summed E-state index contributed by atoms with van der Waals surface area (Å²) in [6.07, 6.45) is 1.53. The van der Waals surface area contributed by atoms with Crippen LogP contribution in [0.25, 0.3) is 0 Å². The van der Waals surface area contributed by atoms with Crippen LogP contribution in [-0.4, -0.2) is 19.1 Å². The smallest absolute Gasteiger partial charge is 0.256 e. The zero-order chi connectivity index (χ0) is 14.4. The minimum atomic E-state index is -0.445. The van der Waals surface area contributed by atoms with Gasteiger partial charge in [-0.2, -0.15) is 0 Å². The first-order valence-electron chi connectivity index (χ1n) is 6.28. The number of halogens is 1. The van der Waals surface area contributed by atoms with Gasteiger partial charge in [-0.25, -0.2) is 9.37 Å². The number of nitrogens with zero attached hydrogens (tertiary/aromatic N) is 1. The molecular weight excluding hydrogens is 259 g/mol. The second-order valence-corrected chi connectivity index (χ2v) is 4.30. The van der Waals surface area contributed by atoms with E-state index in [1.54, 1.807) is 32.4 Å². The third-order valence-electron chi connectivity index (χ3n) is 2.73. The fourth-order valence-corrected chi connectivity index (χ4v) is 1.84. The number of methoxy groups -OCH3 is 1. The minimum absolute atomic E-state index is 0.0210. The van der Waals surface area contributed by atoms with Crippen molar-refractivity contribution >= 4 is 0 Å². The maximum Gasteiger partial charge on any atom is 0.256 e. The standard InChI is InChI=1S/C15H17FN2O2/c1-17-9-12-6-7-18-15(14(12)16)20-13-5-3-4-11(8-13)10-19-2/h3-8,17H,9-10H2,1-2H3. The Morgan fingerprint density at radius 1 is 1.30 bits per heavy atom. The number of rotatable bonds is 6. The van der Waals surface area contributed by atoms with Crippen molar-refractivity contribution < 1.29 is 13.9 Å². The molecule has 0 spiro atoms. The Labute approximate surface area is 117 Å². The monoisotopic (exact) mass is 276 g/mol. The van der Waals surface area contributed by atoms with Gasteiger partial charge in [0.05, 0.1) is 6.61 Å². The molecule has 0 aliphatic heterocycles. The Morgan fingerprint density at radius 2 is 2.15 bits per heavy atom. The first-order valence-corrected chi connectivity index (χ1v) is 6.28. The van der Waals surface area contributed by atoms with Crippen LogP contribution in [0.4, 0.5) is 4.39 Å². The fraction of sp³-hybridized carbons (Fsp3) is 0.267. The van der Waals surface area contributed by atoms with Gasteiger partial charge in [0.2, 0.25) is 0 Å². The number of aromatic nitrogens is 1. The Bertz CT molecular complexity index is 576. The van der Waals surface area contributed by atoms with Gasteiger partial charge in [0, 0.05) is 25.4 Å². The molecule has 0 aliphatic carbocycles. The molecule has 1 N–H and O–H groups in total. The summed E-state index contributed by atoms with van der Waals surface area (Å²) < 4.78 is 24.7. The van der Waals surface area contributed by atoms with Crippen molar-refractivity contribution in [3.63, 3.8) is 0 Å². The van der Waals surface area contributed by atoms with Crippen molar-refractivity contribution in [3.8, 4) is 11.6 Å². The van der Waals surface area contributed by atoms with Gasteiger partial charge in [-0.3, -0.25) is 0 Å². The zero-order valence-corrected chi connectivity index (χ0v) is 11.5. The lowest BCUT2D eigenvalue weighted by atomic mass is 10.2. The lowest BCUT2D eigenvalue weighted by molar-refractivity contribution is 0.184. The molecule has 0 aliphatic rings. The van der Waals surface area contributed by atoms with E-state index in [-0.39, 0.29) is 5.88 Å². The predicted octanol–water partition coefficient (Wildman–Crippen LogP) is 2.88. The van der Waals surface area contributed by atoms with Crippen LogP contribution in [0.5, 0.6) is 11.6 Å². The zero-order valence-electron chi connectivity index (χ0n) is 11.5. The van der Waals surface area contributed by atoms with Crippen LogP contribution in [0, 0.1) is 5.82 Å². The first kappa shape index (κ1) is 14.4. The number of pyridine rings is 1. The van der Waals surface area contributed by atoms with Gasteiger partial charge in [0.25, 0.3) is 5.88 Å². The Hall–Kier alpha value is -1.98. The first-order chi connectivity index (χ1) is 9.74. The van der Waals surface area contributed by atoms with Gasteiger partial charge in [-0.1, -0.05) is 12.1 Å². The van der Waals surface area contributed by atoms with E-state index in [2.05, 4.69) is 10.3 Å². The maximum atomic E-state index is 14.1. The SMILES string of the molecule is CNCc1ccnc(Oc2cccc(COC)c2)c1F. The molecule has 2 rings (SSSR count). The largest absolute Gasteiger partial charge is 0.436 e. The molecule has 1 heterocycles. The molecule has 4 nitrogen and oxygen atoms in total. The van der Waals surface area contributed by atoms with Crippen molar-refractivity contribution in [1.82, 2.24) is 10.3 Å². The average Bonchev–Trinajstić information content (AvgIpc) is 2.44. The Morgan fingerprint density at radius 3 is 2.90 bits per heavy atom. The molecule has 106 valence electrons. The molecule has 0 bridgehead atoms. The van der Waals surface area contributed by atoms with Crippen LogP contribution in [0.15, 0.2) is 36.5 Å². The molecule has 5 heteroatoms. The fourth-order valence-electron chi connectivity index (χ4n) is 1.84. The van der Waals surface area contributed by atoms with Crippen LogP contribution < -0.4 is 10.1 Å². The van der Waals surface area contributed by atoms with Crippen molar-refractivity contribution in [2.24, 2.45) is 0 Å². The van der Waals surface area contributed by atoms with Gasteiger partial charge >= 0.3 is 0 Å². The van der Waals surface area contributed by atoms with E-state index in [0.29, 0.717) is 24.5 Å². The third kappa shape index (κ3) is 3.53. The Kier molecular flexibility index (Phi) is 5.03. The molecule has 0 saturated carbocycles. The van der Waals surface area contributed by atoms with Gasteiger partial charge < -0.3 is 14.8 Å². The highest BCUT2D eigenvalue weighted by Crippen LogP contribution is 2.24. The second kappa shape index (κ2) is 6.98. The van der Waals surface area contributed by atoms with Crippen LogP contribution in [0.3, 0.4) is 0 Å². The van der Waals surface area contributed by atoms with Crippen molar-refractivity contribution in [2.45, 2.75) is 13.2 Å². The molecule has 0 saturated heterocycles. The van der Waals surface area contributed by atoms with Gasteiger partial charge in [-0.15, -0.1) is 0 Å². The van der Waals surface area contributed by atoms with Crippen molar-refractivity contribution in [2.75, 3.05) is 14.2 Å². The summed E-state index contributed by atoms with van der Waals surface area (Å²) in [5, 5.41) is 2.90. The maximum absolute atomic E-state index is 14.1. The van der Waals surface area contributed by atoms with E-state index >= 15 is 0 Å². The van der Waals surface area contributed by atoms with Crippen molar-refractivity contribution in [3.05, 3.63) is 53.5 Å². The summed E-state index contributed by atoms with van der Waals surface area (Å²) in [4.78, 5) is 3.94. The summed E-state index contributed by atoms with van der Waals surface area (Å²) in [7, 11) is 3.38. The highest BCUT2D eigenvalue weighted by atomic mass is 19.1. The summed E-state index contributed by atoms with van der Waals surface area (Å²) in [6, 6.07) is 8.93. The molecule has 1 aromatic carbocycles. The number of ether oxygens (including phenoxy) is 2. The van der Waals surface area contributed by atoms with E-state index in [1.165, 1.54) is 6.20 Å². The molecule has 20 heavy (non-hydrogen) atoms. The van der Waals surface area contributed by atoms with Gasteiger partial charge in [0.15, 0.2) is 5.82 Å². The minimum Gasteiger partial charge on any atom is -0.436 e. The van der Waals surface area contributed by atoms with Gasteiger partial charge in [0.1, 0.15) is 5.75 Å². The average molecular weight is 276 g/mol. The summed E-state index contributed by atoms with van der Waals surface area (Å²) in [6.45, 7) is 0.904. The third-order valence-corrected chi connectivity index (χ3v) is 2.73. The lowest BCUT2D eigenvalue weighted by Gasteiger charge is -2.09.